The van der Waals surface area contributed by atoms with Gasteiger partial charge in [0.2, 0.25) is 5.95 Å². The standard InChI is InChI=1S/C58H39N5/c1-38-29-34-46(40-19-7-3-8-20-40)53(37-38)62-51-27-15-13-25-47(51)49-35-36-50-48-26-14-16-28-52(48)63(55(50)54(49)62)58-60-56(42-21-9-4-10-22-42)59-57(61-58)43-32-30-41(31-33-43)45-24-12-11-23-44(45)39-17-5-2-6-18-39/h2-36H,1,37H2. The van der Waals surface area contributed by atoms with Gasteiger partial charge in [-0.3, -0.25) is 4.57 Å². The fraction of sp³-hybridized carbons (Fsp3) is 0.0172. The lowest BCUT2D eigenvalue weighted by Gasteiger charge is -2.21. The summed E-state index contributed by atoms with van der Waals surface area (Å²) in [4.78, 5) is 16.0. The Morgan fingerprint density at radius 3 is 1.41 bits per heavy atom. The van der Waals surface area contributed by atoms with E-state index in [9.17, 15) is 0 Å². The molecule has 8 aromatic carbocycles. The Hall–Kier alpha value is -8.41. The van der Waals surface area contributed by atoms with E-state index >= 15 is 0 Å². The van der Waals surface area contributed by atoms with Crippen molar-refractivity contribution in [3.8, 4) is 51.0 Å². The third-order valence-corrected chi connectivity index (χ3v) is 12.3. The first-order chi connectivity index (χ1) is 31.2. The summed E-state index contributed by atoms with van der Waals surface area (Å²) in [6, 6.07) is 70.5. The summed E-state index contributed by atoms with van der Waals surface area (Å²) in [5, 5.41) is 4.59. The molecule has 0 aliphatic heterocycles. The van der Waals surface area contributed by atoms with Gasteiger partial charge in [-0.15, -0.1) is 0 Å². The van der Waals surface area contributed by atoms with E-state index < -0.39 is 0 Å². The first kappa shape index (κ1) is 36.4. The average Bonchev–Trinajstić information content (AvgIpc) is 3.88. The van der Waals surface area contributed by atoms with E-state index in [1.54, 1.807) is 0 Å². The van der Waals surface area contributed by atoms with Crippen molar-refractivity contribution in [1.29, 1.82) is 0 Å². The zero-order valence-electron chi connectivity index (χ0n) is 34.4. The number of fused-ring (bicyclic) bond motifs is 7. The number of aromatic nitrogens is 5. The molecule has 3 aromatic heterocycles. The van der Waals surface area contributed by atoms with Crippen LogP contribution in [0.1, 0.15) is 12.0 Å². The van der Waals surface area contributed by atoms with Gasteiger partial charge in [-0.25, -0.2) is 4.98 Å². The van der Waals surface area contributed by atoms with Gasteiger partial charge in [0.05, 0.1) is 22.1 Å². The Kier molecular flexibility index (Phi) is 8.64. The van der Waals surface area contributed by atoms with Crippen LogP contribution in [0.25, 0.3) is 106 Å². The molecule has 12 rings (SSSR count). The molecular weight excluding hydrogens is 767 g/mol. The largest absolute Gasteiger partial charge is 0.310 e. The number of rotatable bonds is 7. The number of allylic oxidation sites excluding steroid dienone is 5. The van der Waals surface area contributed by atoms with E-state index in [1.165, 1.54) is 38.9 Å². The maximum absolute atomic E-state index is 5.41. The summed E-state index contributed by atoms with van der Waals surface area (Å²) in [7, 11) is 0. The van der Waals surface area contributed by atoms with Crippen molar-refractivity contribution in [2.75, 3.05) is 0 Å². The topological polar surface area (TPSA) is 48.5 Å². The van der Waals surface area contributed by atoms with Gasteiger partial charge in [0, 0.05) is 50.4 Å². The molecule has 0 saturated heterocycles. The number of hydrogen-bond acceptors (Lipinski definition) is 3. The van der Waals surface area contributed by atoms with Crippen LogP contribution < -0.4 is 0 Å². The van der Waals surface area contributed by atoms with Crippen molar-refractivity contribution in [2.24, 2.45) is 0 Å². The number of benzene rings is 8. The Morgan fingerprint density at radius 2 is 0.810 bits per heavy atom. The third kappa shape index (κ3) is 6.13. The van der Waals surface area contributed by atoms with E-state index in [1.807, 2.05) is 18.2 Å². The van der Waals surface area contributed by atoms with Crippen molar-refractivity contribution >= 4 is 54.9 Å². The van der Waals surface area contributed by atoms with E-state index in [4.69, 9.17) is 15.0 Å². The van der Waals surface area contributed by atoms with Gasteiger partial charge in [0.1, 0.15) is 0 Å². The molecule has 5 heteroatoms. The second-order valence-corrected chi connectivity index (χ2v) is 16.1. The fourth-order valence-electron chi connectivity index (χ4n) is 9.45. The molecule has 1 aliphatic rings. The highest BCUT2D eigenvalue weighted by molar-refractivity contribution is 6.24. The van der Waals surface area contributed by atoms with Crippen LogP contribution in [-0.4, -0.2) is 24.1 Å². The van der Waals surface area contributed by atoms with Gasteiger partial charge < -0.3 is 4.57 Å². The minimum Gasteiger partial charge on any atom is -0.310 e. The highest BCUT2D eigenvalue weighted by atomic mass is 15.2. The Bertz CT molecular complexity index is 3630. The zero-order valence-corrected chi connectivity index (χ0v) is 34.4. The molecule has 0 atom stereocenters. The molecule has 0 fully saturated rings. The van der Waals surface area contributed by atoms with Crippen LogP contribution in [0.4, 0.5) is 0 Å². The van der Waals surface area contributed by atoms with E-state index in [0.29, 0.717) is 24.0 Å². The monoisotopic (exact) mass is 805 g/mol. The van der Waals surface area contributed by atoms with Gasteiger partial charge in [-0.1, -0.05) is 207 Å². The summed E-state index contributed by atoms with van der Waals surface area (Å²) in [6.45, 7) is 4.48. The molecule has 1 aliphatic carbocycles. The molecule has 296 valence electrons. The lowest BCUT2D eigenvalue weighted by molar-refractivity contribution is 0.953. The first-order valence-corrected chi connectivity index (χ1v) is 21.4. The molecule has 3 heterocycles. The van der Waals surface area contributed by atoms with Crippen LogP contribution in [0.15, 0.2) is 224 Å². The van der Waals surface area contributed by atoms with Crippen LogP contribution in [0.5, 0.6) is 0 Å². The highest BCUT2D eigenvalue weighted by Gasteiger charge is 2.26. The predicted octanol–water partition coefficient (Wildman–Crippen LogP) is 14.6. The molecule has 0 amide bonds. The highest BCUT2D eigenvalue weighted by Crippen LogP contribution is 2.45. The minimum absolute atomic E-state index is 0.554. The second kappa shape index (κ2) is 14.9. The molecular formula is C58H39N5. The second-order valence-electron chi connectivity index (χ2n) is 16.1. The smallest absolute Gasteiger partial charge is 0.238 e. The Balaban J connectivity index is 1.13. The maximum Gasteiger partial charge on any atom is 0.238 e. The van der Waals surface area contributed by atoms with Crippen molar-refractivity contribution in [3.05, 3.63) is 230 Å². The van der Waals surface area contributed by atoms with E-state index in [0.717, 1.165) is 60.5 Å². The maximum atomic E-state index is 5.41. The van der Waals surface area contributed by atoms with Crippen LogP contribution in [0.2, 0.25) is 0 Å². The Labute approximate surface area is 364 Å². The first-order valence-electron chi connectivity index (χ1n) is 21.4. The van der Waals surface area contributed by atoms with Crippen molar-refractivity contribution in [1.82, 2.24) is 24.1 Å². The molecule has 0 N–H and O–H groups in total. The van der Waals surface area contributed by atoms with Crippen LogP contribution in [-0.2, 0) is 0 Å². The molecule has 0 spiro atoms. The van der Waals surface area contributed by atoms with Gasteiger partial charge in [-0.05, 0) is 45.5 Å². The van der Waals surface area contributed by atoms with Crippen LogP contribution in [0, 0.1) is 0 Å². The minimum atomic E-state index is 0.554. The summed E-state index contributed by atoms with van der Waals surface area (Å²) in [5.41, 5.74) is 15.4. The lowest BCUT2D eigenvalue weighted by atomic mass is 9.94. The third-order valence-electron chi connectivity index (χ3n) is 12.3. The van der Waals surface area contributed by atoms with Crippen molar-refractivity contribution < 1.29 is 0 Å². The summed E-state index contributed by atoms with van der Waals surface area (Å²) >= 11 is 0. The molecule has 5 nitrogen and oxygen atoms in total. The van der Waals surface area contributed by atoms with Gasteiger partial charge in [-0.2, -0.15) is 9.97 Å². The molecule has 0 unspecified atom stereocenters. The van der Waals surface area contributed by atoms with Crippen molar-refractivity contribution in [3.63, 3.8) is 0 Å². The lowest BCUT2D eigenvalue weighted by Crippen LogP contribution is -2.08. The van der Waals surface area contributed by atoms with Gasteiger partial charge in [0.15, 0.2) is 11.6 Å². The molecule has 63 heavy (non-hydrogen) atoms. The summed E-state index contributed by atoms with van der Waals surface area (Å²) in [5.74, 6) is 1.76. The number of para-hydroxylation sites is 2. The summed E-state index contributed by atoms with van der Waals surface area (Å²) < 4.78 is 4.74. The normalized spacial score (nSPS) is 12.9. The van der Waals surface area contributed by atoms with E-state index in [-0.39, 0.29) is 0 Å². The van der Waals surface area contributed by atoms with Gasteiger partial charge in [0.25, 0.3) is 0 Å². The SMILES string of the molecule is C=C1C=CC(c2ccccc2)=C(n2c3ccccc3c3ccc4c5ccccc5n(-c5nc(-c6ccccc6)nc(-c6ccc(-c7ccccc7-c7ccccc7)cc6)n5)c4c32)C1. The molecule has 0 bridgehead atoms. The molecule has 11 aromatic rings. The van der Waals surface area contributed by atoms with Crippen molar-refractivity contribution in [2.45, 2.75) is 6.42 Å². The summed E-state index contributed by atoms with van der Waals surface area (Å²) in [6.07, 6.45) is 5.08. The predicted molar refractivity (Wildman–Crippen MR) is 261 cm³/mol. The molecule has 0 radical (unpaired) electrons. The fourth-order valence-corrected chi connectivity index (χ4v) is 9.45. The Morgan fingerprint density at radius 1 is 0.365 bits per heavy atom. The number of hydrogen-bond donors (Lipinski definition) is 0. The van der Waals surface area contributed by atoms with Crippen LogP contribution >= 0.6 is 0 Å². The zero-order chi connectivity index (χ0) is 41.9. The van der Waals surface area contributed by atoms with E-state index in [2.05, 4.69) is 210 Å². The van der Waals surface area contributed by atoms with Gasteiger partial charge >= 0.3 is 0 Å². The average molecular weight is 806 g/mol. The number of nitrogens with zero attached hydrogens (tertiary/aromatic N) is 5. The van der Waals surface area contributed by atoms with Crippen LogP contribution in [0.3, 0.4) is 0 Å². The molecule has 0 saturated carbocycles. The quantitative estimate of drug-likeness (QED) is 0.161.